The number of benzene rings is 1. The van der Waals surface area contributed by atoms with Crippen LogP contribution in [-0.4, -0.2) is 32.5 Å². The first-order valence-electron chi connectivity index (χ1n) is 6.78. The molecule has 0 radical (unpaired) electrons. The van der Waals surface area contributed by atoms with Crippen LogP contribution < -0.4 is 10.3 Å². The second-order valence-electron chi connectivity index (χ2n) is 4.66. The van der Waals surface area contributed by atoms with Crippen molar-refractivity contribution >= 4 is 39.8 Å². The molecule has 2 heterocycles. The van der Waals surface area contributed by atoms with Gasteiger partial charge in [0.2, 0.25) is 0 Å². The number of ether oxygens (including phenoxy) is 1. The van der Waals surface area contributed by atoms with Gasteiger partial charge in [0.05, 0.1) is 30.1 Å². The quantitative estimate of drug-likeness (QED) is 0.689. The van der Waals surface area contributed by atoms with E-state index in [1.807, 2.05) is 30.5 Å². The van der Waals surface area contributed by atoms with Gasteiger partial charge in [0.15, 0.2) is 0 Å². The number of hydrogen-bond acceptors (Lipinski definition) is 5. The maximum atomic E-state index is 5.92. The molecule has 1 saturated heterocycles. The van der Waals surface area contributed by atoms with Crippen molar-refractivity contribution in [1.29, 1.82) is 0 Å². The van der Waals surface area contributed by atoms with Crippen LogP contribution in [0.25, 0.3) is 0 Å². The van der Waals surface area contributed by atoms with Crippen molar-refractivity contribution in [3.63, 3.8) is 0 Å². The number of hydrogen-bond donors (Lipinski definition) is 1. The molecular weight excluding hydrogens is 306 g/mol. The van der Waals surface area contributed by atoms with E-state index in [1.54, 1.807) is 11.3 Å². The number of rotatable bonds is 4. The molecule has 1 N–H and O–H groups in total. The van der Waals surface area contributed by atoms with Gasteiger partial charge in [-0.3, -0.25) is 5.43 Å². The van der Waals surface area contributed by atoms with Crippen molar-refractivity contribution in [1.82, 2.24) is 0 Å². The summed E-state index contributed by atoms with van der Waals surface area (Å²) >= 11 is 7.66. The van der Waals surface area contributed by atoms with E-state index in [0.717, 1.165) is 36.9 Å². The number of thiophene rings is 1. The van der Waals surface area contributed by atoms with E-state index < -0.39 is 0 Å². The average molecular weight is 322 g/mol. The van der Waals surface area contributed by atoms with Gasteiger partial charge in [0.1, 0.15) is 0 Å². The maximum Gasteiger partial charge on any atom is 0.0916 e. The van der Waals surface area contributed by atoms with Crippen molar-refractivity contribution in [2.24, 2.45) is 5.10 Å². The SMILES string of the molecule is Clc1cccc(N/N=C\c2ccc(N3CCOCC3)s2)c1. The standard InChI is InChI=1S/C15H16ClN3OS/c16-12-2-1-3-13(10-12)18-17-11-14-4-5-15(21-14)19-6-8-20-9-7-19/h1-5,10-11,18H,6-9H2/b17-11-. The summed E-state index contributed by atoms with van der Waals surface area (Å²) in [4.78, 5) is 3.46. The largest absolute Gasteiger partial charge is 0.378 e. The lowest BCUT2D eigenvalue weighted by molar-refractivity contribution is 0.123. The monoisotopic (exact) mass is 321 g/mol. The summed E-state index contributed by atoms with van der Waals surface area (Å²) in [6.45, 7) is 3.52. The smallest absolute Gasteiger partial charge is 0.0916 e. The van der Waals surface area contributed by atoms with E-state index in [-0.39, 0.29) is 0 Å². The van der Waals surface area contributed by atoms with Crippen molar-refractivity contribution in [2.75, 3.05) is 36.6 Å². The average Bonchev–Trinajstić information content (AvgIpc) is 2.97. The highest BCUT2D eigenvalue weighted by atomic mass is 35.5. The number of anilines is 2. The summed E-state index contributed by atoms with van der Waals surface area (Å²) in [5.41, 5.74) is 3.86. The topological polar surface area (TPSA) is 36.9 Å². The van der Waals surface area contributed by atoms with Gasteiger partial charge >= 0.3 is 0 Å². The summed E-state index contributed by atoms with van der Waals surface area (Å²) < 4.78 is 5.37. The zero-order valence-corrected chi connectivity index (χ0v) is 13.0. The number of hydrazone groups is 1. The fraction of sp³-hybridized carbons (Fsp3) is 0.267. The van der Waals surface area contributed by atoms with Crippen LogP contribution in [0.5, 0.6) is 0 Å². The first-order chi connectivity index (χ1) is 10.3. The summed E-state index contributed by atoms with van der Waals surface area (Å²) in [6, 6.07) is 11.7. The highest BCUT2D eigenvalue weighted by Crippen LogP contribution is 2.25. The molecule has 0 saturated carbocycles. The van der Waals surface area contributed by atoms with Gasteiger partial charge in [-0.1, -0.05) is 17.7 Å². The molecular formula is C15H16ClN3OS. The molecule has 0 amide bonds. The molecule has 2 aromatic rings. The second-order valence-corrected chi connectivity index (χ2v) is 6.19. The summed E-state index contributed by atoms with van der Waals surface area (Å²) in [5, 5.41) is 6.21. The van der Waals surface area contributed by atoms with Crippen LogP contribution in [0, 0.1) is 0 Å². The van der Waals surface area contributed by atoms with E-state index in [9.17, 15) is 0 Å². The van der Waals surface area contributed by atoms with Crippen LogP contribution in [0.4, 0.5) is 10.7 Å². The lowest BCUT2D eigenvalue weighted by Gasteiger charge is -2.27. The third-order valence-corrected chi connectivity index (χ3v) is 4.46. The molecule has 1 aromatic heterocycles. The van der Waals surface area contributed by atoms with Gasteiger partial charge in [0, 0.05) is 23.0 Å². The van der Waals surface area contributed by atoms with Gasteiger partial charge in [-0.25, -0.2) is 0 Å². The molecule has 0 unspecified atom stereocenters. The molecule has 4 nitrogen and oxygen atoms in total. The van der Waals surface area contributed by atoms with Gasteiger partial charge in [-0.15, -0.1) is 11.3 Å². The summed E-state index contributed by atoms with van der Waals surface area (Å²) in [5.74, 6) is 0. The Balaban J connectivity index is 1.60. The van der Waals surface area contributed by atoms with Crippen LogP contribution in [0.3, 0.4) is 0 Å². The molecule has 0 aliphatic carbocycles. The van der Waals surface area contributed by atoms with Gasteiger partial charge in [0.25, 0.3) is 0 Å². The number of morpholine rings is 1. The van der Waals surface area contributed by atoms with E-state index in [0.29, 0.717) is 5.02 Å². The van der Waals surface area contributed by atoms with E-state index in [2.05, 4.69) is 27.6 Å². The molecule has 1 aliphatic rings. The van der Waals surface area contributed by atoms with Gasteiger partial charge < -0.3 is 9.64 Å². The lowest BCUT2D eigenvalue weighted by atomic mass is 10.3. The zero-order valence-electron chi connectivity index (χ0n) is 11.5. The fourth-order valence-corrected chi connectivity index (χ4v) is 3.21. The molecule has 0 spiro atoms. The minimum absolute atomic E-state index is 0.695. The molecule has 0 bridgehead atoms. The number of nitrogens with zero attached hydrogens (tertiary/aromatic N) is 2. The predicted octanol–water partition coefficient (Wildman–Crippen LogP) is 3.68. The molecule has 21 heavy (non-hydrogen) atoms. The molecule has 3 rings (SSSR count). The van der Waals surface area contributed by atoms with E-state index in [1.165, 1.54) is 5.00 Å². The van der Waals surface area contributed by atoms with Crippen LogP contribution in [0.1, 0.15) is 4.88 Å². The Kier molecular flexibility index (Phi) is 4.75. The Morgan fingerprint density at radius 1 is 1.24 bits per heavy atom. The van der Waals surface area contributed by atoms with E-state index in [4.69, 9.17) is 16.3 Å². The van der Waals surface area contributed by atoms with Gasteiger partial charge in [-0.05, 0) is 30.3 Å². The Bertz CT molecular complexity index is 623. The van der Waals surface area contributed by atoms with E-state index >= 15 is 0 Å². The fourth-order valence-electron chi connectivity index (χ4n) is 2.09. The van der Waals surface area contributed by atoms with Crippen molar-refractivity contribution in [3.8, 4) is 0 Å². The molecule has 1 aliphatic heterocycles. The van der Waals surface area contributed by atoms with Crippen LogP contribution >= 0.6 is 22.9 Å². The zero-order chi connectivity index (χ0) is 14.5. The minimum atomic E-state index is 0.695. The second kappa shape index (κ2) is 6.93. The minimum Gasteiger partial charge on any atom is -0.378 e. The van der Waals surface area contributed by atoms with Crippen LogP contribution in [-0.2, 0) is 4.74 Å². The number of halogens is 1. The first-order valence-corrected chi connectivity index (χ1v) is 7.98. The molecule has 0 atom stereocenters. The predicted molar refractivity (Wildman–Crippen MR) is 90.0 cm³/mol. The summed E-state index contributed by atoms with van der Waals surface area (Å²) in [7, 11) is 0. The molecule has 1 fully saturated rings. The third-order valence-electron chi connectivity index (χ3n) is 3.15. The highest BCUT2D eigenvalue weighted by molar-refractivity contribution is 7.17. The van der Waals surface area contributed by atoms with Crippen LogP contribution in [0.15, 0.2) is 41.5 Å². The van der Waals surface area contributed by atoms with Crippen LogP contribution in [0.2, 0.25) is 5.02 Å². The Morgan fingerprint density at radius 2 is 2.10 bits per heavy atom. The molecule has 110 valence electrons. The number of nitrogens with one attached hydrogen (secondary N) is 1. The summed E-state index contributed by atoms with van der Waals surface area (Å²) in [6.07, 6.45) is 1.83. The molecule has 6 heteroatoms. The Morgan fingerprint density at radius 3 is 2.90 bits per heavy atom. The Labute approximate surface area is 133 Å². The lowest BCUT2D eigenvalue weighted by Crippen LogP contribution is -2.35. The van der Waals surface area contributed by atoms with Crippen molar-refractivity contribution in [2.45, 2.75) is 0 Å². The van der Waals surface area contributed by atoms with Crippen molar-refractivity contribution < 1.29 is 4.74 Å². The van der Waals surface area contributed by atoms with Gasteiger partial charge in [-0.2, -0.15) is 5.10 Å². The third kappa shape index (κ3) is 3.97. The normalized spacial score (nSPS) is 15.6. The highest BCUT2D eigenvalue weighted by Gasteiger charge is 2.12. The maximum absolute atomic E-state index is 5.92. The Hall–Kier alpha value is -1.56. The van der Waals surface area contributed by atoms with Crippen molar-refractivity contribution in [3.05, 3.63) is 46.3 Å². The molecule has 1 aromatic carbocycles. The first kappa shape index (κ1) is 14.4.